The minimum atomic E-state index is 0.0247. The molecule has 1 aliphatic rings. The lowest BCUT2D eigenvalue weighted by Crippen LogP contribution is -2.53. The topological polar surface area (TPSA) is 56.6 Å². The molecule has 0 bridgehead atoms. The van der Waals surface area contributed by atoms with E-state index in [1.54, 1.807) is 12.1 Å². The highest BCUT2D eigenvalue weighted by atomic mass is 16.5. The molecule has 112 valence electrons. The molecule has 0 saturated carbocycles. The molecule has 1 aromatic rings. The quantitative estimate of drug-likeness (QED) is 0.837. The Balaban J connectivity index is 1.85. The molecular weight excluding hydrogens is 266 g/mol. The molecule has 1 fully saturated rings. The number of hydrogen-bond acceptors (Lipinski definition) is 4. The van der Waals surface area contributed by atoms with Gasteiger partial charge < -0.3 is 14.5 Å². The van der Waals surface area contributed by atoms with E-state index in [2.05, 4.69) is 24.9 Å². The molecule has 5 nitrogen and oxygen atoms in total. The van der Waals surface area contributed by atoms with Crippen LogP contribution in [0.15, 0.2) is 24.3 Å². The van der Waals surface area contributed by atoms with Gasteiger partial charge in [-0.3, -0.25) is 4.79 Å². The van der Waals surface area contributed by atoms with Crippen molar-refractivity contribution in [3.05, 3.63) is 29.8 Å². The van der Waals surface area contributed by atoms with Crippen LogP contribution in [0, 0.1) is 11.3 Å². The predicted molar refractivity (Wildman–Crippen MR) is 79.9 cm³/mol. The third-order valence-electron chi connectivity index (χ3n) is 3.72. The molecule has 0 radical (unpaired) electrons. The second-order valence-electron chi connectivity index (χ2n) is 5.47. The van der Waals surface area contributed by atoms with Crippen LogP contribution in [0.1, 0.15) is 12.5 Å². The van der Waals surface area contributed by atoms with Crippen molar-refractivity contribution < 1.29 is 9.53 Å². The SMILES string of the molecule is C[C@@H]1CN(C)CCN1C(=O)COc1ccc(CC#N)cc1. The number of carbonyl (C=O) groups excluding carboxylic acids is 1. The molecule has 1 aliphatic heterocycles. The molecule has 1 amide bonds. The van der Waals surface area contributed by atoms with Gasteiger partial charge in [0.05, 0.1) is 12.5 Å². The number of piperazine rings is 1. The Morgan fingerprint density at radius 3 is 2.71 bits per heavy atom. The van der Waals surface area contributed by atoms with Crippen LogP contribution in [0.4, 0.5) is 0 Å². The zero-order valence-corrected chi connectivity index (χ0v) is 12.6. The molecule has 0 aromatic heterocycles. The fourth-order valence-corrected chi connectivity index (χ4v) is 2.53. The van der Waals surface area contributed by atoms with Crippen LogP contribution >= 0.6 is 0 Å². The molecular formula is C16H21N3O2. The van der Waals surface area contributed by atoms with Crippen LogP contribution in [0.2, 0.25) is 0 Å². The van der Waals surface area contributed by atoms with Gasteiger partial charge in [-0.15, -0.1) is 0 Å². The van der Waals surface area contributed by atoms with E-state index in [9.17, 15) is 4.79 Å². The largest absolute Gasteiger partial charge is 0.484 e. The third-order valence-corrected chi connectivity index (χ3v) is 3.72. The van der Waals surface area contributed by atoms with Crippen molar-refractivity contribution in [2.24, 2.45) is 0 Å². The first-order valence-electron chi connectivity index (χ1n) is 7.17. The van der Waals surface area contributed by atoms with Crippen LogP contribution < -0.4 is 4.74 Å². The van der Waals surface area contributed by atoms with E-state index in [-0.39, 0.29) is 18.6 Å². The van der Waals surface area contributed by atoms with Crippen LogP contribution in [-0.2, 0) is 11.2 Å². The number of ether oxygens (including phenoxy) is 1. The smallest absolute Gasteiger partial charge is 0.260 e. The maximum atomic E-state index is 12.2. The normalized spacial score (nSPS) is 19.1. The molecule has 1 atom stereocenters. The van der Waals surface area contributed by atoms with E-state index in [1.165, 1.54) is 0 Å². The highest BCUT2D eigenvalue weighted by molar-refractivity contribution is 5.78. The van der Waals surface area contributed by atoms with Gasteiger partial charge in [-0.25, -0.2) is 0 Å². The summed E-state index contributed by atoms with van der Waals surface area (Å²) in [5, 5.41) is 8.62. The van der Waals surface area contributed by atoms with Crippen molar-refractivity contribution >= 4 is 5.91 Å². The standard InChI is InChI=1S/C16H21N3O2/c1-13-11-18(2)9-10-19(13)16(20)12-21-15-5-3-14(4-6-15)7-8-17/h3-6,13H,7,9-12H2,1-2H3/t13-/m1/s1. The fourth-order valence-electron chi connectivity index (χ4n) is 2.53. The summed E-state index contributed by atoms with van der Waals surface area (Å²) in [7, 11) is 2.07. The predicted octanol–water partition coefficient (Wildman–Crippen LogP) is 1.29. The number of benzene rings is 1. The molecule has 1 heterocycles. The summed E-state index contributed by atoms with van der Waals surface area (Å²) in [5.74, 6) is 0.684. The van der Waals surface area contributed by atoms with Crippen LogP contribution in [0.25, 0.3) is 0 Å². The Bertz CT molecular complexity index is 521. The summed E-state index contributed by atoms with van der Waals surface area (Å²) in [6.07, 6.45) is 0.387. The molecule has 0 aliphatic carbocycles. The van der Waals surface area contributed by atoms with E-state index in [0.29, 0.717) is 12.2 Å². The van der Waals surface area contributed by atoms with Crippen LogP contribution in [0.5, 0.6) is 5.75 Å². The lowest BCUT2D eigenvalue weighted by Gasteiger charge is -2.38. The maximum Gasteiger partial charge on any atom is 0.260 e. The molecule has 0 N–H and O–H groups in total. The van der Waals surface area contributed by atoms with Gasteiger partial charge in [0.15, 0.2) is 6.61 Å². The highest BCUT2D eigenvalue weighted by Crippen LogP contribution is 2.14. The lowest BCUT2D eigenvalue weighted by molar-refractivity contribution is -0.137. The Morgan fingerprint density at radius 2 is 2.10 bits per heavy atom. The van der Waals surface area contributed by atoms with Gasteiger partial charge in [-0.1, -0.05) is 12.1 Å². The van der Waals surface area contributed by atoms with E-state index >= 15 is 0 Å². The molecule has 2 rings (SSSR count). The van der Waals surface area contributed by atoms with Gasteiger partial charge in [-0.05, 0) is 31.7 Å². The number of amides is 1. The van der Waals surface area contributed by atoms with Crippen molar-refractivity contribution in [1.29, 1.82) is 5.26 Å². The summed E-state index contributed by atoms with van der Waals surface area (Å²) in [6.45, 7) is 4.67. The van der Waals surface area contributed by atoms with Crippen molar-refractivity contribution in [3.8, 4) is 11.8 Å². The highest BCUT2D eigenvalue weighted by Gasteiger charge is 2.25. The van der Waals surface area contributed by atoms with Crippen molar-refractivity contribution in [1.82, 2.24) is 9.80 Å². The van der Waals surface area contributed by atoms with Crippen LogP contribution in [-0.4, -0.2) is 55.0 Å². The Morgan fingerprint density at radius 1 is 1.38 bits per heavy atom. The maximum absolute atomic E-state index is 12.2. The van der Waals surface area contributed by atoms with Crippen molar-refractivity contribution in [2.75, 3.05) is 33.3 Å². The number of nitrogens with zero attached hydrogens (tertiary/aromatic N) is 3. The first kappa shape index (κ1) is 15.3. The van der Waals surface area contributed by atoms with Gasteiger partial charge in [-0.2, -0.15) is 5.26 Å². The number of hydrogen-bond donors (Lipinski definition) is 0. The summed E-state index contributed by atoms with van der Waals surface area (Å²) in [6, 6.07) is 9.62. The number of rotatable bonds is 4. The fraction of sp³-hybridized carbons (Fsp3) is 0.500. The molecule has 1 aromatic carbocycles. The zero-order valence-electron chi connectivity index (χ0n) is 12.6. The van der Waals surface area contributed by atoms with E-state index in [4.69, 9.17) is 10.00 Å². The molecule has 0 unspecified atom stereocenters. The number of nitriles is 1. The molecule has 21 heavy (non-hydrogen) atoms. The second kappa shape index (κ2) is 7.09. The van der Waals surface area contributed by atoms with Gasteiger partial charge >= 0.3 is 0 Å². The van der Waals surface area contributed by atoms with Gasteiger partial charge in [0.2, 0.25) is 0 Å². The van der Waals surface area contributed by atoms with Crippen LogP contribution in [0.3, 0.4) is 0 Å². The first-order chi connectivity index (χ1) is 10.1. The monoisotopic (exact) mass is 287 g/mol. The van der Waals surface area contributed by atoms with E-state index in [0.717, 1.165) is 25.2 Å². The van der Waals surface area contributed by atoms with Gasteiger partial charge in [0, 0.05) is 25.7 Å². The minimum Gasteiger partial charge on any atom is -0.484 e. The van der Waals surface area contributed by atoms with Gasteiger partial charge in [0.1, 0.15) is 5.75 Å². The molecule has 1 saturated heterocycles. The first-order valence-corrected chi connectivity index (χ1v) is 7.17. The summed E-state index contributed by atoms with van der Waals surface area (Å²) < 4.78 is 5.54. The summed E-state index contributed by atoms with van der Waals surface area (Å²) in [5.41, 5.74) is 0.948. The Labute approximate surface area is 125 Å². The number of carbonyl (C=O) groups is 1. The summed E-state index contributed by atoms with van der Waals surface area (Å²) in [4.78, 5) is 16.3. The zero-order chi connectivity index (χ0) is 15.2. The lowest BCUT2D eigenvalue weighted by atomic mass is 10.2. The average molecular weight is 287 g/mol. The second-order valence-corrected chi connectivity index (χ2v) is 5.47. The van der Waals surface area contributed by atoms with Crippen molar-refractivity contribution in [3.63, 3.8) is 0 Å². The minimum absolute atomic E-state index is 0.0247. The number of likely N-dealkylation sites (N-methyl/N-ethyl adjacent to an activating group) is 1. The molecule has 0 spiro atoms. The van der Waals surface area contributed by atoms with E-state index < -0.39 is 0 Å². The van der Waals surface area contributed by atoms with Crippen molar-refractivity contribution in [2.45, 2.75) is 19.4 Å². The Hall–Kier alpha value is -2.06. The third kappa shape index (κ3) is 4.20. The molecule has 5 heteroatoms. The van der Waals surface area contributed by atoms with E-state index in [1.807, 2.05) is 17.0 Å². The van der Waals surface area contributed by atoms with Gasteiger partial charge in [0.25, 0.3) is 5.91 Å². The Kier molecular flexibility index (Phi) is 5.18. The average Bonchev–Trinajstić information content (AvgIpc) is 2.46. The summed E-state index contributed by atoms with van der Waals surface area (Å²) >= 11 is 0.